The summed E-state index contributed by atoms with van der Waals surface area (Å²) in [5, 5.41) is 24.2. The Hall–Kier alpha value is -5.52. The van der Waals surface area contributed by atoms with Crippen LogP contribution in [-0.4, -0.2) is 22.5 Å². The normalized spacial score (nSPS) is 13.2. The topological polar surface area (TPSA) is 93.4 Å². The van der Waals surface area contributed by atoms with Crippen molar-refractivity contribution in [3.05, 3.63) is 170 Å². The molecule has 0 amide bonds. The van der Waals surface area contributed by atoms with Gasteiger partial charge in [0.15, 0.2) is 0 Å². The number of nitro groups is 2. The Morgan fingerprint density at radius 1 is 0.741 bits per heavy atom. The van der Waals surface area contributed by atoms with Crippen molar-refractivity contribution < 1.29 is 14.4 Å². The average molecular weight is 755 g/mol. The van der Waals surface area contributed by atoms with Gasteiger partial charge in [-0.2, -0.15) is 27.3 Å². The standard InChI is InChI=1S/C22H24B.C21H19N4O4S2/c1-2-3-19-23(20-13-7-4-8-14-20,21-15-9-5-10-16-21)22-17-11-6-12-18-22;1-3-22-16-12-14(24(26)27)8-10-18(16)30-20(22)6-5-7-21-23(4-2)17-13-15(25(28)29)9-11-19(17)31-21/h4-18H,2-3,19H2,1H3;5-13H,3-4H2,1-2H3/q-1;+1. The number of fused-ring (bicyclic) bond motifs is 2. The summed E-state index contributed by atoms with van der Waals surface area (Å²) in [6.45, 7) is 7.69. The fourth-order valence-corrected chi connectivity index (χ4v) is 9.69. The molecule has 0 aliphatic carbocycles. The summed E-state index contributed by atoms with van der Waals surface area (Å²) in [7, 11) is 0. The number of nitrogens with zero attached hydrogens (tertiary/aromatic N) is 4. The molecule has 1 aliphatic rings. The van der Waals surface area contributed by atoms with Gasteiger partial charge in [0.1, 0.15) is 11.2 Å². The van der Waals surface area contributed by atoms with Crippen molar-refractivity contribution in [3.63, 3.8) is 0 Å². The molecule has 0 fully saturated rings. The fraction of sp³-hybridized carbons (Fsp3) is 0.186. The minimum Gasteiger partial charge on any atom is -0.335 e. The second-order valence-electron chi connectivity index (χ2n) is 13.1. The second-order valence-corrected chi connectivity index (χ2v) is 15.3. The molecule has 0 bridgehead atoms. The predicted octanol–water partition coefficient (Wildman–Crippen LogP) is 9.47. The van der Waals surface area contributed by atoms with Crippen molar-refractivity contribution in [2.75, 3.05) is 11.4 Å². The smallest absolute Gasteiger partial charge is 0.276 e. The highest BCUT2D eigenvalue weighted by molar-refractivity contribution is 8.03. The lowest BCUT2D eigenvalue weighted by Gasteiger charge is -2.43. The van der Waals surface area contributed by atoms with E-state index in [-0.39, 0.29) is 21.2 Å². The summed E-state index contributed by atoms with van der Waals surface area (Å²) in [5.41, 5.74) is 6.18. The van der Waals surface area contributed by atoms with E-state index in [0.717, 1.165) is 30.8 Å². The first-order valence-corrected chi connectivity index (χ1v) is 20.0. The number of aromatic nitrogens is 1. The number of thioether (sulfide) groups is 1. The minimum absolute atomic E-state index is 0.0814. The van der Waals surface area contributed by atoms with Gasteiger partial charge < -0.3 is 4.90 Å². The lowest BCUT2D eigenvalue weighted by Crippen LogP contribution is -2.66. The summed E-state index contributed by atoms with van der Waals surface area (Å²) in [5.74, 6) is 0. The molecule has 5 aromatic carbocycles. The summed E-state index contributed by atoms with van der Waals surface area (Å²) in [6, 6.07) is 43.0. The molecule has 0 saturated carbocycles. The Morgan fingerprint density at radius 2 is 1.30 bits per heavy atom. The van der Waals surface area contributed by atoms with E-state index in [0.29, 0.717) is 13.1 Å². The van der Waals surface area contributed by atoms with Crippen LogP contribution in [0.5, 0.6) is 0 Å². The Balaban J connectivity index is 0.000000193. The summed E-state index contributed by atoms with van der Waals surface area (Å²) in [6.07, 6.45) is 8.67. The number of anilines is 1. The molecular weight excluding hydrogens is 711 g/mol. The van der Waals surface area contributed by atoms with Crippen molar-refractivity contribution >= 4 is 79.0 Å². The zero-order valence-electron chi connectivity index (χ0n) is 30.7. The fourth-order valence-electron chi connectivity index (χ4n) is 7.45. The van der Waals surface area contributed by atoms with E-state index in [2.05, 4.69) is 107 Å². The third kappa shape index (κ3) is 8.02. The number of unbranched alkanes of at least 4 members (excludes halogenated alkanes) is 1. The molecule has 274 valence electrons. The lowest BCUT2D eigenvalue weighted by molar-refractivity contribution is -0.665. The lowest BCUT2D eigenvalue weighted by atomic mass is 9.14. The first-order chi connectivity index (χ1) is 26.3. The van der Waals surface area contributed by atoms with E-state index in [4.69, 9.17) is 0 Å². The molecule has 7 rings (SSSR count). The largest absolute Gasteiger partial charge is 0.335 e. The molecule has 2 heterocycles. The first kappa shape index (κ1) is 38.2. The highest BCUT2D eigenvalue weighted by atomic mass is 32.2. The maximum Gasteiger partial charge on any atom is 0.276 e. The van der Waals surface area contributed by atoms with Crippen LogP contribution >= 0.6 is 23.1 Å². The Kier molecular flexibility index (Phi) is 12.4. The SMILES string of the molecule is CCCC[B-](c1ccccc1)(c1ccccc1)c1ccccc1.CCN1/C(=C/C=C/c2sc3ccc([N+](=O)[O-])cc3[n+]2CC)Sc2ccc([N+](=O)[O-])cc21. The molecule has 1 aliphatic heterocycles. The van der Waals surface area contributed by atoms with E-state index in [1.54, 1.807) is 47.4 Å². The maximum absolute atomic E-state index is 11.1. The van der Waals surface area contributed by atoms with Gasteiger partial charge in [0.05, 0.1) is 32.8 Å². The summed E-state index contributed by atoms with van der Waals surface area (Å²) >= 11 is 3.16. The third-order valence-electron chi connectivity index (χ3n) is 10.1. The van der Waals surface area contributed by atoms with Crippen LogP contribution in [0.15, 0.2) is 149 Å². The van der Waals surface area contributed by atoms with Crippen LogP contribution in [0.3, 0.4) is 0 Å². The van der Waals surface area contributed by atoms with E-state index in [1.807, 2.05) is 32.1 Å². The molecule has 0 radical (unpaired) electrons. The minimum atomic E-state index is -0.913. The molecule has 0 unspecified atom stereocenters. The molecule has 54 heavy (non-hydrogen) atoms. The zero-order valence-corrected chi connectivity index (χ0v) is 32.3. The van der Waals surface area contributed by atoms with Gasteiger partial charge in [-0.25, -0.2) is 0 Å². The van der Waals surface area contributed by atoms with E-state index in [9.17, 15) is 20.2 Å². The zero-order chi connectivity index (χ0) is 38.1. The third-order valence-corrected chi connectivity index (χ3v) is 12.3. The maximum atomic E-state index is 11.1. The first-order valence-electron chi connectivity index (χ1n) is 18.4. The van der Waals surface area contributed by atoms with Crippen molar-refractivity contribution in [1.29, 1.82) is 0 Å². The molecule has 1 aromatic heterocycles. The van der Waals surface area contributed by atoms with E-state index in [1.165, 1.54) is 47.7 Å². The van der Waals surface area contributed by atoms with Crippen LogP contribution in [0.1, 0.15) is 38.6 Å². The van der Waals surface area contributed by atoms with Crippen molar-refractivity contribution in [1.82, 2.24) is 0 Å². The van der Waals surface area contributed by atoms with Crippen molar-refractivity contribution in [2.24, 2.45) is 0 Å². The molecule has 8 nitrogen and oxygen atoms in total. The predicted molar refractivity (Wildman–Crippen MR) is 227 cm³/mol. The molecule has 0 saturated heterocycles. The number of rotatable bonds is 12. The van der Waals surface area contributed by atoms with Gasteiger partial charge in [-0.05, 0) is 32.1 Å². The van der Waals surface area contributed by atoms with E-state index >= 15 is 0 Å². The van der Waals surface area contributed by atoms with Crippen LogP contribution in [0, 0.1) is 20.2 Å². The molecular formula is C43H43BN4O4S2. The summed E-state index contributed by atoms with van der Waals surface area (Å²) < 4.78 is 3.05. The number of allylic oxidation sites excluding steroid dienone is 2. The van der Waals surface area contributed by atoms with Gasteiger partial charge in [-0.15, -0.1) is 0 Å². The number of thiazole rings is 1. The monoisotopic (exact) mass is 754 g/mol. The van der Waals surface area contributed by atoms with Gasteiger partial charge in [0.25, 0.3) is 16.4 Å². The van der Waals surface area contributed by atoms with Crippen LogP contribution < -0.4 is 25.9 Å². The van der Waals surface area contributed by atoms with Gasteiger partial charge in [0, 0.05) is 35.7 Å². The van der Waals surface area contributed by atoms with Crippen LogP contribution in [0.2, 0.25) is 6.32 Å². The number of non-ortho nitro benzene ring substituents is 2. The second kappa shape index (κ2) is 17.5. The number of nitro benzene ring substituents is 2. The molecule has 11 heteroatoms. The number of benzene rings is 5. The molecule has 0 N–H and O–H groups in total. The van der Waals surface area contributed by atoms with Crippen LogP contribution in [0.25, 0.3) is 16.3 Å². The van der Waals surface area contributed by atoms with Gasteiger partial charge in [-0.3, -0.25) is 20.2 Å². The number of hydrogen-bond acceptors (Lipinski definition) is 7. The molecule has 6 aromatic rings. The molecule has 0 atom stereocenters. The van der Waals surface area contributed by atoms with E-state index < -0.39 is 6.15 Å². The number of hydrogen-bond donors (Lipinski definition) is 0. The van der Waals surface area contributed by atoms with Gasteiger partial charge in [-0.1, -0.05) is 140 Å². The van der Waals surface area contributed by atoms with Crippen LogP contribution in [-0.2, 0) is 6.54 Å². The van der Waals surface area contributed by atoms with Gasteiger partial charge >= 0.3 is 0 Å². The molecule has 0 spiro atoms. The Morgan fingerprint density at radius 3 is 1.81 bits per heavy atom. The Labute approximate surface area is 324 Å². The summed E-state index contributed by atoms with van der Waals surface area (Å²) in [4.78, 5) is 24.5. The number of aryl methyl sites for hydroxylation is 1. The van der Waals surface area contributed by atoms with Crippen LogP contribution in [0.4, 0.5) is 17.1 Å². The quantitative estimate of drug-likeness (QED) is 0.0535. The van der Waals surface area contributed by atoms with Crippen molar-refractivity contribution in [2.45, 2.75) is 51.4 Å². The van der Waals surface area contributed by atoms with Gasteiger partial charge in [0.2, 0.25) is 5.52 Å². The average Bonchev–Trinajstić information content (AvgIpc) is 3.75. The Bertz CT molecular complexity index is 2200. The highest BCUT2D eigenvalue weighted by Gasteiger charge is 2.29. The van der Waals surface area contributed by atoms with Crippen molar-refractivity contribution in [3.8, 4) is 0 Å². The highest BCUT2D eigenvalue weighted by Crippen LogP contribution is 2.47.